The summed E-state index contributed by atoms with van der Waals surface area (Å²) in [6.45, 7) is 15.8. The molecule has 1 N–H and O–H groups in total. The highest BCUT2D eigenvalue weighted by Gasteiger charge is 2.21. The van der Waals surface area contributed by atoms with Crippen molar-refractivity contribution >= 4 is 0 Å². The average molecular weight is 289 g/mol. The molecule has 118 valence electrons. The molecule has 0 aliphatic carbocycles. The third-order valence-electron chi connectivity index (χ3n) is 4.51. The van der Waals surface area contributed by atoms with Crippen LogP contribution in [0.4, 0.5) is 0 Å². The molecule has 21 heavy (non-hydrogen) atoms. The Morgan fingerprint density at radius 1 is 1.05 bits per heavy atom. The van der Waals surface area contributed by atoms with E-state index in [-0.39, 0.29) is 0 Å². The van der Waals surface area contributed by atoms with Crippen LogP contribution in [-0.2, 0) is 0 Å². The van der Waals surface area contributed by atoms with E-state index in [1.807, 2.05) is 0 Å². The smallest absolute Gasteiger partial charge is 0.0449 e. The fraction of sp³-hybridized carbons (Fsp3) is 0.667. The van der Waals surface area contributed by atoms with Crippen LogP contribution in [0.15, 0.2) is 24.3 Å². The Balaban J connectivity index is 1.93. The predicted molar refractivity (Wildman–Crippen MR) is 90.7 cm³/mol. The highest BCUT2D eigenvalue weighted by Crippen LogP contribution is 2.17. The van der Waals surface area contributed by atoms with Gasteiger partial charge in [0.25, 0.3) is 0 Å². The zero-order chi connectivity index (χ0) is 15.2. The third kappa shape index (κ3) is 4.80. The summed E-state index contributed by atoms with van der Waals surface area (Å²) < 4.78 is 0. The lowest BCUT2D eigenvalue weighted by Crippen LogP contribution is -2.50. The molecular formula is C18H31N3. The summed E-state index contributed by atoms with van der Waals surface area (Å²) in [5.41, 5.74) is 2.74. The van der Waals surface area contributed by atoms with Gasteiger partial charge in [-0.2, -0.15) is 0 Å². The standard InChI is InChI=1S/C18H31N3/c1-5-19-18(17-8-6-16(4)7-9-17)14-20-10-12-21(13-11-20)15(2)3/h6-9,15,18-19H,5,10-14H2,1-4H3. The Morgan fingerprint density at radius 3 is 2.19 bits per heavy atom. The van der Waals surface area contributed by atoms with Crippen molar-refractivity contribution in [1.29, 1.82) is 0 Å². The molecule has 3 heteroatoms. The number of hydrogen-bond acceptors (Lipinski definition) is 3. The van der Waals surface area contributed by atoms with Crippen LogP contribution in [-0.4, -0.2) is 55.1 Å². The average Bonchev–Trinajstić information content (AvgIpc) is 2.48. The van der Waals surface area contributed by atoms with Crippen LogP contribution in [0.1, 0.15) is 37.9 Å². The summed E-state index contributed by atoms with van der Waals surface area (Å²) in [7, 11) is 0. The van der Waals surface area contributed by atoms with Crippen LogP contribution in [0.5, 0.6) is 0 Å². The van der Waals surface area contributed by atoms with Gasteiger partial charge in [-0.05, 0) is 32.9 Å². The van der Waals surface area contributed by atoms with Gasteiger partial charge in [0, 0.05) is 44.8 Å². The SMILES string of the molecule is CCNC(CN1CCN(C(C)C)CC1)c1ccc(C)cc1. The van der Waals surface area contributed by atoms with Gasteiger partial charge in [-0.1, -0.05) is 36.8 Å². The molecular weight excluding hydrogens is 258 g/mol. The van der Waals surface area contributed by atoms with Gasteiger partial charge in [-0.15, -0.1) is 0 Å². The van der Waals surface area contributed by atoms with Gasteiger partial charge in [0.2, 0.25) is 0 Å². The molecule has 2 rings (SSSR count). The van der Waals surface area contributed by atoms with Crippen molar-refractivity contribution in [3.8, 4) is 0 Å². The quantitative estimate of drug-likeness (QED) is 0.868. The van der Waals surface area contributed by atoms with E-state index in [4.69, 9.17) is 0 Å². The number of nitrogens with one attached hydrogen (secondary N) is 1. The minimum atomic E-state index is 0.446. The van der Waals surface area contributed by atoms with Crippen molar-refractivity contribution in [2.75, 3.05) is 39.3 Å². The second kappa shape index (κ2) is 7.92. The largest absolute Gasteiger partial charge is 0.309 e. The lowest BCUT2D eigenvalue weighted by atomic mass is 10.0. The summed E-state index contributed by atoms with van der Waals surface area (Å²) in [6.07, 6.45) is 0. The molecule has 1 atom stereocenters. The molecule has 3 nitrogen and oxygen atoms in total. The zero-order valence-electron chi connectivity index (χ0n) is 14.1. The summed E-state index contributed by atoms with van der Waals surface area (Å²) in [6, 6.07) is 10.1. The van der Waals surface area contributed by atoms with Crippen molar-refractivity contribution in [3.05, 3.63) is 35.4 Å². The first-order valence-electron chi connectivity index (χ1n) is 8.36. The first kappa shape index (κ1) is 16.5. The maximum atomic E-state index is 3.64. The lowest BCUT2D eigenvalue weighted by molar-refractivity contribution is 0.101. The van der Waals surface area contributed by atoms with E-state index in [1.54, 1.807) is 0 Å². The van der Waals surface area contributed by atoms with E-state index < -0.39 is 0 Å². The van der Waals surface area contributed by atoms with E-state index in [0.717, 1.165) is 13.1 Å². The fourth-order valence-corrected chi connectivity index (χ4v) is 3.05. The zero-order valence-corrected chi connectivity index (χ0v) is 14.1. The van der Waals surface area contributed by atoms with Gasteiger partial charge in [0.15, 0.2) is 0 Å². The van der Waals surface area contributed by atoms with Crippen molar-refractivity contribution in [2.45, 2.75) is 39.8 Å². The highest BCUT2D eigenvalue weighted by molar-refractivity contribution is 5.24. The maximum absolute atomic E-state index is 3.64. The fourth-order valence-electron chi connectivity index (χ4n) is 3.05. The van der Waals surface area contributed by atoms with E-state index in [9.17, 15) is 0 Å². The van der Waals surface area contributed by atoms with Gasteiger partial charge >= 0.3 is 0 Å². The van der Waals surface area contributed by atoms with Gasteiger partial charge < -0.3 is 5.32 Å². The molecule has 1 aromatic rings. The Kier molecular flexibility index (Phi) is 6.22. The van der Waals surface area contributed by atoms with E-state index in [2.05, 4.69) is 67.1 Å². The second-order valence-corrected chi connectivity index (χ2v) is 6.45. The number of rotatable bonds is 6. The minimum Gasteiger partial charge on any atom is -0.309 e. The molecule has 1 saturated heterocycles. The number of aryl methyl sites for hydroxylation is 1. The molecule has 1 heterocycles. The van der Waals surface area contributed by atoms with Gasteiger partial charge in [0.05, 0.1) is 0 Å². The Morgan fingerprint density at radius 2 is 1.67 bits per heavy atom. The molecule has 1 fully saturated rings. The Bertz CT molecular complexity index is 405. The van der Waals surface area contributed by atoms with Crippen LogP contribution in [0.25, 0.3) is 0 Å². The number of hydrogen-bond donors (Lipinski definition) is 1. The van der Waals surface area contributed by atoms with Gasteiger partial charge in [0.1, 0.15) is 0 Å². The number of nitrogens with zero attached hydrogens (tertiary/aromatic N) is 2. The molecule has 0 bridgehead atoms. The monoisotopic (exact) mass is 289 g/mol. The van der Waals surface area contributed by atoms with Crippen LogP contribution >= 0.6 is 0 Å². The topological polar surface area (TPSA) is 18.5 Å². The van der Waals surface area contributed by atoms with Gasteiger partial charge in [-0.3, -0.25) is 9.80 Å². The van der Waals surface area contributed by atoms with Crippen molar-refractivity contribution < 1.29 is 0 Å². The third-order valence-corrected chi connectivity index (χ3v) is 4.51. The molecule has 0 radical (unpaired) electrons. The Labute approximate surface area is 130 Å². The van der Waals surface area contributed by atoms with Crippen LogP contribution < -0.4 is 5.32 Å². The van der Waals surface area contributed by atoms with E-state index in [0.29, 0.717) is 12.1 Å². The molecule has 0 spiro atoms. The summed E-state index contributed by atoms with van der Waals surface area (Å²) >= 11 is 0. The molecule has 0 saturated carbocycles. The van der Waals surface area contributed by atoms with Crippen LogP contribution in [0.2, 0.25) is 0 Å². The van der Waals surface area contributed by atoms with Crippen molar-refractivity contribution in [2.24, 2.45) is 0 Å². The van der Waals surface area contributed by atoms with Crippen molar-refractivity contribution in [1.82, 2.24) is 15.1 Å². The number of piperazine rings is 1. The molecule has 1 aromatic carbocycles. The summed E-state index contributed by atoms with van der Waals surface area (Å²) in [4.78, 5) is 5.18. The number of benzene rings is 1. The van der Waals surface area contributed by atoms with E-state index >= 15 is 0 Å². The molecule has 0 aromatic heterocycles. The molecule has 0 amide bonds. The maximum Gasteiger partial charge on any atom is 0.0449 e. The first-order chi connectivity index (χ1) is 10.1. The number of likely N-dealkylation sites (N-methyl/N-ethyl adjacent to an activating group) is 1. The van der Waals surface area contributed by atoms with Gasteiger partial charge in [-0.25, -0.2) is 0 Å². The molecule has 1 aliphatic heterocycles. The summed E-state index contributed by atoms with van der Waals surface area (Å²) in [5, 5.41) is 3.64. The second-order valence-electron chi connectivity index (χ2n) is 6.45. The summed E-state index contributed by atoms with van der Waals surface area (Å²) in [5.74, 6) is 0. The molecule has 1 aliphatic rings. The van der Waals surface area contributed by atoms with Crippen LogP contribution in [0.3, 0.4) is 0 Å². The lowest BCUT2D eigenvalue weighted by Gasteiger charge is -2.38. The minimum absolute atomic E-state index is 0.446. The molecule has 1 unspecified atom stereocenters. The predicted octanol–water partition coefficient (Wildman–Crippen LogP) is 2.67. The normalized spacial score (nSPS) is 19.1. The van der Waals surface area contributed by atoms with E-state index in [1.165, 1.54) is 37.3 Å². The Hall–Kier alpha value is -0.900. The first-order valence-corrected chi connectivity index (χ1v) is 8.36. The highest BCUT2D eigenvalue weighted by atomic mass is 15.3. The van der Waals surface area contributed by atoms with Crippen molar-refractivity contribution in [3.63, 3.8) is 0 Å². The van der Waals surface area contributed by atoms with Crippen LogP contribution in [0, 0.1) is 6.92 Å².